The number of halogens is 1. The van der Waals surface area contributed by atoms with Gasteiger partial charge in [-0.2, -0.15) is 0 Å². The van der Waals surface area contributed by atoms with Crippen LogP contribution in [0.5, 0.6) is 0 Å². The molecule has 0 N–H and O–H groups in total. The van der Waals surface area contributed by atoms with Crippen LogP contribution in [0.4, 0.5) is 5.69 Å². The van der Waals surface area contributed by atoms with Gasteiger partial charge in [-0.25, -0.2) is 0 Å². The van der Waals surface area contributed by atoms with E-state index < -0.39 is 0 Å². The quantitative estimate of drug-likeness (QED) is 0.673. The number of hydrogen-bond acceptors (Lipinski definition) is 1. The van der Waals surface area contributed by atoms with Crippen molar-refractivity contribution in [1.29, 1.82) is 0 Å². The van der Waals surface area contributed by atoms with E-state index in [2.05, 4.69) is 49.2 Å². The molecule has 0 fully saturated rings. The molecule has 1 heterocycles. The molecule has 0 radical (unpaired) electrons. The molecule has 0 unspecified atom stereocenters. The minimum Gasteiger partial charge on any atom is -0.370 e. The predicted molar refractivity (Wildman–Crippen MR) is 63.8 cm³/mol. The highest BCUT2D eigenvalue weighted by Gasteiger charge is 2.07. The van der Waals surface area contributed by atoms with Crippen molar-refractivity contribution >= 4 is 28.7 Å². The monoisotopic (exact) mass is 239 g/mol. The molecule has 0 spiro atoms. The first-order chi connectivity index (χ1) is 5.77. The Hall–Kier alpha value is -0.760. The van der Waals surface area contributed by atoms with Gasteiger partial charge in [0.05, 0.1) is 0 Å². The Morgan fingerprint density at radius 2 is 2.08 bits per heavy atom. The lowest BCUT2D eigenvalue weighted by atomic mass is 10.1. The second-order valence-corrected chi connectivity index (χ2v) is 3.35. The first-order valence-electron chi connectivity index (χ1n) is 4.26. The summed E-state index contributed by atoms with van der Waals surface area (Å²) in [6.07, 6.45) is 4.39. The number of hydrogen-bond donors (Lipinski definition) is 0. The van der Waals surface area contributed by atoms with Gasteiger partial charge >= 0.3 is 0 Å². The molecule has 0 saturated heterocycles. The SMILES string of the molecule is Br.Cc1ccc2c(c1)C=CCN2C. The third kappa shape index (κ3) is 1.94. The van der Waals surface area contributed by atoms with Gasteiger partial charge in [-0.3, -0.25) is 0 Å². The zero-order valence-electron chi connectivity index (χ0n) is 7.95. The molecule has 0 bridgehead atoms. The summed E-state index contributed by atoms with van der Waals surface area (Å²) in [5.74, 6) is 0. The molecule has 0 saturated carbocycles. The van der Waals surface area contributed by atoms with Crippen molar-refractivity contribution in [3.8, 4) is 0 Å². The van der Waals surface area contributed by atoms with Crippen LogP contribution in [-0.4, -0.2) is 13.6 Å². The fourth-order valence-electron chi connectivity index (χ4n) is 1.59. The predicted octanol–water partition coefficient (Wildman–Crippen LogP) is 3.04. The van der Waals surface area contributed by atoms with E-state index in [1.807, 2.05) is 0 Å². The second-order valence-electron chi connectivity index (χ2n) is 3.35. The summed E-state index contributed by atoms with van der Waals surface area (Å²) in [5, 5.41) is 0. The third-order valence-electron chi connectivity index (χ3n) is 2.27. The summed E-state index contributed by atoms with van der Waals surface area (Å²) in [7, 11) is 2.12. The molecule has 1 nitrogen and oxygen atoms in total. The van der Waals surface area contributed by atoms with Crippen LogP contribution in [0.15, 0.2) is 24.3 Å². The first kappa shape index (κ1) is 10.3. The molecule has 70 valence electrons. The average Bonchev–Trinajstić information content (AvgIpc) is 2.04. The van der Waals surface area contributed by atoms with Crippen molar-refractivity contribution < 1.29 is 0 Å². The number of rotatable bonds is 0. The number of likely N-dealkylation sites (N-methyl/N-ethyl adjacent to an activating group) is 1. The molecule has 2 heteroatoms. The maximum atomic E-state index is 2.26. The minimum atomic E-state index is 0. The lowest BCUT2D eigenvalue weighted by Crippen LogP contribution is -2.20. The summed E-state index contributed by atoms with van der Waals surface area (Å²) < 4.78 is 0. The third-order valence-corrected chi connectivity index (χ3v) is 2.27. The van der Waals surface area contributed by atoms with Crippen LogP contribution in [0, 0.1) is 6.92 Å². The highest BCUT2D eigenvalue weighted by molar-refractivity contribution is 8.93. The van der Waals surface area contributed by atoms with Crippen molar-refractivity contribution in [2.24, 2.45) is 0 Å². The van der Waals surface area contributed by atoms with E-state index in [4.69, 9.17) is 0 Å². The number of nitrogens with zero attached hydrogens (tertiary/aromatic N) is 1. The molecule has 1 aliphatic rings. The van der Waals surface area contributed by atoms with Gasteiger partial charge in [0.25, 0.3) is 0 Å². The fraction of sp³-hybridized carbons (Fsp3) is 0.273. The average molecular weight is 240 g/mol. The van der Waals surface area contributed by atoms with E-state index in [9.17, 15) is 0 Å². The standard InChI is InChI=1S/C11H13N.BrH/c1-9-5-6-11-10(8-9)4-3-7-12(11)2;/h3-6,8H,7H2,1-2H3;1H. The van der Waals surface area contributed by atoms with Crippen LogP contribution in [0.3, 0.4) is 0 Å². The van der Waals surface area contributed by atoms with E-state index >= 15 is 0 Å². The van der Waals surface area contributed by atoms with Crippen molar-refractivity contribution in [2.75, 3.05) is 18.5 Å². The van der Waals surface area contributed by atoms with E-state index in [0.717, 1.165) is 6.54 Å². The fourth-order valence-corrected chi connectivity index (χ4v) is 1.59. The Kier molecular flexibility index (Phi) is 3.15. The van der Waals surface area contributed by atoms with Crippen molar-refractivity contribution in [2.45, 2.75) is 6.92 Å². The van der Waals surface area contributed by atoms with Gasteiger partial charge in [-0.1, -0.05) is 23.8 Å². The van der Waals surface area contributed by atoms with Crippen molar-refractivity contribution in [3.05, 3.63) is 35.4 Å². The molecule has 0 atom stereocenters. The van der Waals surface area contributed by atoms with E-state index in [0.29, 0.717) is 0 Å². The number of benzene rings is 1. The van der Waals surface area contributed by atoms with Gasteiger partial charge in [-0.05, 0) is 24.6 Å². The molecule has 2 rings (SSSR count). The molecule has 1 aromatic carbocycles. The van der Waals surface area contributed by atoms with Gasteiger partial charge < -0.3 is 4.90 Å². The summed E-state index contributed by atoms with van der Waals surface area (Å²) in [6.45, 7) is 3.15. The Morgan fingerprint density at radius 1 is 1.31 bits per heavy atom. The van der Waals surface area contributed by atoms with E-state index in [-0.39, 0.29) is 17.0 Å². The van der Waals surface area contributed by atoms with Crippen LogP contribution in [0.25, 0.3) is 6.08 Å². The molecule has 1 aliphatic heterocycles. The topological polar surface area (TPSA) is 3.24 Å². The summed E-state index contributed by atoms with van der Waals surface area (Å²) >= 11 is 0. The van der Waals surface area contributed by atoms with Crippen LogP contribution in [0.1, 0.15) is 11.1 Å². The summed E-state index contributed by atoms with van der Waals surface area (Å²) in [6, 6.07) is 6.57. The number of fused-ring (bicyclic) bond motifs is 1. The largest absolute Gasteiger partial charge is 0.370 e. The second kappa shape index (κ2) is 3.97. The minimum absolute atomic E-state index is 0. The van der Waals surface area contributed by atoms with Crippen LogP contribution in [-0.2, 0) is 0 Å². The molecular weight excluding hydrogens is 226 g/mol. The lowest BCUT2D eigenvalue weighted by molar-refractivity contribution is 1.02. The van der Waals surface area contributed by atoms with Crippen LogP contribution in [0.2, 0.25) is 0 Å². The molecule has 0 aromatic heterocycles. The first-order valence-corrected chi connectivity index (χ1v) is 4.26. The molecule has 0 aliphatic carbocycles. The normalized spacial score (nSPS) is 13.5. The highest BCUT2D eigenvalue weighted by atomic mass is 79.9. The Morgan fingerprint density at radius 3 is 2.85 bits per heavy atom. The Labute approximate surface area is 89.8 Å². The maximum absolute atomic E-state index is 2.26. The van der Waals surface area contributed by atoms with Gasteiger partial charge in [0, 0.05) is 19.3 Å². The number of aryl methyl sites for hydroxylation is 1. The Balaban J connectivity index is 0.000000845. The molecule has 13 heavy (non-hydrogen) atoms. The maximum Gasteiger partial charge on any atom is 0.0440 e. The van der Waals surface area contributed by atoms with Gasteiger partial charge in [0.2, 0.25) is 0 Å². The molecule has 1 aromatic rings. The van der Waals surface area contributed by atoms with E-state index in [1.54, 1.807) is 0 Å². The zero-order chi connectivity index (χ0) is 8.55. The number of anilines is 1. The zero-order valence-corrected chi connectivity index (χ0v) is 9.66. The Bertz CT molecular complexity index is 331. The van der Waals surface area contributed by atoms with Crippen molar-refractivity contribution in [1.82, 2.24) is 0 Å². The van der Waals surface area contributed by atoms with Gasteiger partial charge in [-0.15, -0.1) is 17.0 Å². The van der Waals surface area contributed by atoms with Crippen LogP contribution < -0.4 is 4.90 Å². The molecule has 0 amide bonds. The highest BCUT2D eigenvalue weighted by Crippen LogP contribution is 2.25. The van der Waals surface area contributed by atoms with Gasteiger partial charge in [0.1, 0.15) is 0 Å². The van der Waals surface area contributed by atoms with Crippen LogP contribution >= 0.6 is 17.0 Å². The lowest BCUT2D eigenvalue weighted by Gasteiger charge is -2.23. The smallest absolute Gasteiger partial charge is 0.0440 e. The van der Waals surface area contributed by atoms with E-state index in [1.165, 1.54) is 16.8 Å². The van der Waals surface area contributed by atoms with Gasteiger partial charge in [0.15, 0.2) is 0 Å². The summed E-state index contributed by atoms with van der Waals surface area (Å²) in [5.41, 5.74) is 4.00. The molecular formula is C11H14BrN. The van der Waals surface area contributed by atoms with Crippen molar-refractivity contribution in [3.63, 3.8) is 0 Å². The summed E-state index contributed by atoms with van der Waals surface area (Å²) in [4.78, 5) is 2.26.